The zero-order valence-electron chi connectivity index (χ0n) is 11.7. The monoisotopic (exact) mass is 256 g/mol. The van der Waals surface area contributed by atoms with Gasteiger partial charge in [-0.15, -0.1) is 0 Å². The number of ether oxygens (including phenoxy) is 1. The Balaban J connectivity index is 2.39. The molecule has 0 unspecified atom stereocenters. The molecule has 0 saturated carbocycles. The molecular weight excluding hydrogens is 236 g/mol. The Hall–Kier alpha value is -2.16. The highest BCUT2D eigenvalue weighted by atomic mass is 16.5. The van der Waals surface area contributed by atoms with Crippen molar-refractivity contribution in [3.05, 3.63) is 48.0 Å². The molecular formula is C16H20N2O. The second-order valence-corrected chi connectivity index (χ2v) is 4.51. The number of hydrogen-bond donors (Lipinski definition) is 1. The van der Waals surface area contributed by atoms with Crippen molar-refractivity contribution in [1.29, 1.82) is 0 Å². The van der Waals surface area contributed by atoms with Crippen LogP contribution in [0, 0.1) is 6.92 Å². The number of nitrogens with zero attached hydrogens (tertiary/aromatic N) is 1. The van der Waals surface area contributed by atoms with Crippen LogP contribution in [0.15, 0.2) is 42.5 Å². The van der Waals surface area contributed by atoms with E-state index in [-0.39, 0.29) is 0 Å². The SMILES string of the molecule is CCN(c1ccc(C)cc1)c1ccc(N)c(OC)c1. The van der Waals surface area contributed by atoms with Crippen LogP contribution >= 0.6 is 0 Å². The summed E-state index contributed by atoms with van der Waals surface area (Å²) in [6.07, 6.45) is 0. The zero-order valence-corrected chi connectivity index (χ0v) is 11.7. The first kappa shape index (κ1) is 13.3. The molecule has 2 N–H and O–H groups in total. The van der Waals surface area contributed by atoms with Gasteiger partial charge in [0.05, 0.1) is 12.8 Å². The van der Waals surface area contributed by atoms with Crippen LogP contribution in [0.3, 0.4) is 0 Å². The van der Waals surface area contributed by atoms with Crippen molar-refractivity contribution in [2.24, 2.45) is 0 Å². The highest BCUT2D eigenvalue weighted by Crippen LogP contribution is 2.31. The van der Waals surface area contributed by atoms with Gasteiger partial charge < -0.3 is 15.4 Å². The lowest BCUT2D eigenvalue weighted by Crippen LogP contribution is -2.16. The van der Waals surface area contributed by atoms with Gasteiger partial charge in [-0.2, -0.15) is 0 Å². The minimum absolute atomic E-state index is 0.659. The van der Waals surface area contributed by atoms with Gasteiger partial charge in [-0.1, -0.05) is 17.7 Å². The Morgan fingerprint density at radius 1 is 1.05 bits per heavy atom. The first-order chi connectivity index (χ1) is 9.15. The predicted molar refractivity (Wildman–Crippen MR) is 81.3 cm³/mol. The molecule has 0 bridgehead atoms. The maximum Gasteiger partial charge on any atom is 0.143 e. The van der Waals surface area contributed by atoms with Crippen LogP contribution < -0.4 is 15.4 Å². The predicted octanol–water partition coefficient (Wildman–Crippen LogP) is 3.74. The fourth-order valence-electron chi connectivity index (χ4n) is 2.11. The van der Waals surface area contributed by atoms with E-state index in [1.54, 1.807) is 7.11 Å². The third-order valence-corrected chi connectivity index (χ3v) is 3.19. The molecule has 0 fully saturated rings. The molecule has 0 heterocycles. The van der Waals surface area contributed by atoms with Crippen molar-refractivity contribution >= 4 is 17.1 Å². The minimum atomic E-state index is 0.659. The standard InChI is InChI=1S/C16H20N2O/c1-4-18(13-7-5-12(2)6-8-13)14-9-10-15(17)16(11-14)19-3/h5-11H,4,17H2,1-3H3. The molecule has 0 aliphatic carbocycles. The summed E-state index contributed by atoms with van der Waals surface area (Å²) in [5.74, 6) is 0.711. The maximum atomic E-state index is 5.86. The normalized spacial score (nSPS) is 10.3. The van der Waals surface area contributed by atoms with Crippen LogP contribution in [-0.2, 0) is 0 Å². The average molecular weight is 256 g/mol. The Morgan fingerprint density at radius 2 is 1.68 bits per heavy atom. The molecule has 0 radical (unpaired) electrons. The molecule has 0 aliphatic heterocycles. The van der Waals surface area contributed by atoms with Crippen molar-refractivity contribution in [3.63, 3.8) is 0 Å². The minimum Gasteiger partial charge on any atom is -0.495 e. The molecule has 0 amide bonds. The zero-order chi connectivity index (χ0) is 13.8. The summed E-state index contributed by atoms with van der Waals surface area (Å²) < 4.78 is 5.28. The molecule has 0 aliphatic rings. The van der Waals surface area contributed by atoms with Gasteiger partial charge in [0.1, 0.15) is 5.75 Å². The van der Waals surface area contributed by atoms with Gasteiger partial charge in [-0.05, 0) is 38.1 Å². The quantitative estimate of drug-likeness (QED) is 0.847. The molecule has 100 valence electrons. The topological polar surface area (TPSA) is 38.5 Å². The summed E-state index contributed by atoms with van der Waals surface area (Å²) in [5, 5.41) is 0. The third kappa shape index (κ3) is 2.81. The maximum absolute atomic E-state index is 5.86. The Kier molecular flexibility index (Phi) is 3.95. The number of methoxy groups -OCH3 is 1. The highest BCUT2D eigenvalue weighted by Gasteiger charge is 2.09. The number of hydrogen-bond acceptors (Lipinski definition) is 3. The number of benzene rings is 2. The van der Waals surface area contributed by atoms with Crippen LogP contribution in [0.5, 0.6) is 5.75 Å². The second kappa shape index (κ2) is 5.65. The van der Waals surface area contributed by atoms with E-state index in [4.69, 9.17) is 10.5 Å². The summed E-state index contributed by atoms with van der Waals surface area (Å²) >= 11 is 0. The Morgan fingerprint density at radius 3 is 2.26 bits per heavy atom. The molecule has 3 nitrogen and oxygen atoms in total. The fraction of sp³-hybridized carbons (Fsp3) is 0.250. The summed E-state index contributed by atoms with van der Waals surface area (Å²) in [7, 11) is 1.64. The molecule has 0 aromatic heterocycles. The van der Waals surface area contributed by atoms with E-state index in [1.807, 2.05) is 18.2 Å². The van der Waals surface area contributed by atoms with E-state index < -0.39 is 0 Å². The molecule has 2 rings (SSSR count). The van der Waals surface area contributed by atoms with Gasteiger partial charge in [0, 0.05) is 24.0 Å². The summed E-state index contributed by atoms with van der Waals surface area (Å²) in [5.41, 5.74) is 10.0. The largest absolute Gasteiger partial charge is 0.495 e. The van der Waals surface area contributed by atoms with Gasteiger partial charge in [0.2, 0.25) is 0 Å². The smallest absolute Gasteiger partial charge is 0.143 e. The van der Waals surface area contributed by atoms with E-state index in [1.165, 1.54) is 11.3 Å². The van der Waals surface area contributed by atoms with Crippen molar-refractivity contribution in [2.75, 3.05) is 24.3 Å². The third-order valence-electron chi connectivity index (χ3n) is 3.19. The second-order valence-electron chi connectivity index (χ2n) is 4.51. The molecule has 2 aromatic rings. The van der Waals surface area contributed by atoms with Crippen LogP contribution in [0.25, 0.3) is 0 Å². The average Bonchev–Trinajstić information content (AvgIpc) is 2.43. The molecule has 19 heavy (non-hydrogen) atoms. The van der Waals surface area contributed by atoms with Crippen molar-refractivity contribution in [1.82, 2.24) is 0 Å². The first-order valence-corrected chi connectivity index (χ1v) is 6.43. The summed E-state index contributed by atoms with van der Waals surface area (Å²) in [4.78, 5) is 2.22. The molecule has 0 spiro atoms. The van der Waals surface area contributed by atoms with Crippen molar-refractivity contribution in [3.8, 4) is 5.75 Å². The van der Waals surface area contributed by atoms with Crippen molar-refractivity contribution < 1.29 is 4.74 Å². The van der Waals surface area contributed by atoms with E-state index in [0.29, 0.717) is 11.4 Å². The van der Waals surface area contributed by atoms with Crippen LogP contribution in [0.1, 0.15) is 12.5 Å². The molecule has 2 aromatic carbocycles. The van der Waals surface area contributed by atoms with Crippen LogP contribution in [0.4, 0.5) is 17.1 Å². The summed E-state index contributed by atoms with van der Waals surface area (Å²) in [6.45, 7) is 5.10. The number of anilines is 3. The Labute approximate surface area is 114 Å². The number of rotatable bonds is 4. The lowest BCUT2D eigenvalue weighted by molar-refractivity contribution is 0.417. The van der Waals surface area contributed by atoms with E-state index in [2.05, 4.69) is 43.0 Å². The molecule has 0 saturated heterocycles. The van der Waals surface area contributed by atoms with Gasteiger partial charge in [-0.3, -0.25) is 0 Å². The summed E-state index contributed by atoms with van der Waals surface area (Å²) in [6, 6.07) is 14.4. The van der Waals surface area contributed by atoms with Gasteiger partial charge in [0.25, 0.3) is 0 Å². The van der Waals surface area contributed by atoms with Crippen LogP contribution in [0.2, 0.25) is 0 Å². The van der Waals surface area contributed by atoms with E-state index in [9.17, 15) is 0 Å². The lowest BCUT2D eigenvalue weighted by atomic mass is 10.2. The first-order valence-electron chi connectivity index (χ1n) is 6.43. The fourth-order valence-corrected chi connectivity index (χ4v) is 2.11. The van der Waals surface area contributed by atoms with Gasteiger partial charge in [0.15, 0.2) is 0 Å². The molecule has 3 heteroatoms. The van der Waals surface area contributed by atoms with Gasteiger partial charge >= 0.3 is 0 Å². The number of aryl methyl sites for hydroxylation is 1. The molecule has 0 atom stereocenters. The number of nitrogens with two attached hydrogens (primary N) is 1. The number of nitrogen functional groups attached to an aromatic ring is 1. The highest BCUT2D eigenvalue weighted by molar-refractivity contribution is 5.69. The Bertz CT molecular complexity index is 549. The van der Waals surface area contributed by atoms with E-state index >= 15 is 0 Å². The van der Waals surface area contributed by atoms with Gasteiger partial charge in [-0.25, -0.2) is 0 Å². The lowest BCUT2D eigenvalue weighted by Gasteiger charge is -2.24. The van der Waals surface area contributed by atoms with E-state index in [0.717, 1.165) is 12.2 Å². The van der Waals surface area contributed by atoms with Crippen LogP contribution in [-0.4, -0.2) is 13.7 Å². The van der Waals surface area contributed by atoms with Crippen molar-refractivity contribution in [2.45, 2.75) is 13.8 Å².